The molecular weight excluding hydrogens is 414 g/mol. The molecule has 11 nitrogen and oxygen atoms in total. The number of piperidine rings is 1. The van der Waals surface area contributed by atoms with E-state index in [0.29, 0.717) is 52.2 Å². The Labute approximate surface area is 176 Å². The third kappa shape index (κ3) is 4.99. The van der Waals surface area contributed by atoms with Crippen LogP contribution < -0.4 is 20.7 Å². The maximum atomic E-state index is 13.6. The van der Waals surface area contributed by atoms with E-state index in [1.54, 1.807) is 4.90 Å². The van der Waals surface area contributed by atoms with Gasteiger partial charge in [0.25, 0.3) is 6.43 Å². The topological polar surface area (TPSA) is 141 Å². The summed E-state index contributed by atoms with van der Waals surface area (Å²) in [5, 5.41) is 3.17. The number of alkyl halides is 2. The van der Waals surface area contributed by atoms with Crippen LogP contribution in [0, 0.1) is 5.92 Å². The van der Waals surface area contributed by atoms with E-state index in [0.717, 1.165) is 6.20 Å². The van der Waals surface area contributed by atoms with Crippen molar-refractivity contribution in [3.63, 3.8) is 0 Å². The lowest BCUT2D eigenvalue weighted by atomic mass is 9.99. The van der Waals surface area contributed by atoms with E-state index < -0.39 is 18.1 Å². The molecule has 2 aliphatic rings. The zero-order valence-corrected chi connectivity index (χ0v) is 16.6. The highest BCUT2D eigenvalue weighted by molar-refractivity contribution is 5.74. The highest BCUT2D eigenvalue weighted by Gasteiger charge is 2.27. The highest BCUT2D eigenvalue weighted by Crippen LogP contribution is 2.29. The van der Waals surface area contributed by atoms with Gasteiger partial charge in [-0.2, -0.15) is 15.0 Å². The number of hydrogen-bond acceptors (Lipinski definition) is 11. The van der Waals surface area contributed by atoms with E-state index in [2.05, 4.69) is 30.2 Å². The number of nitrogens with one attached hydrogen (secondary N) is 1. The number of ether oxygens (including phenoxy) is 2. The number of nitrogens with zero attached hydrogens (tertiary/aromatic N) is 6. The van der Waals surface area contributed by atoms with Crippen molar-refractivity contribution in [3.8, 4) is 17.4 Å². The summed E-state index contributed by atoms with van der Waals surface area (Å²) in [6.07, 6.45) is -0.534. The van der Waals surface area contributed by atoms with Crippen LogP contribution in [0.1, 0.15) is 25.0 Å². The maximum Gasteiger partial charge on any atom is 0.329 e. The predicted molar refractivity (Wildman–Crippen MR) is 104 cm³/mol. The van der Waals surface area contributed by atoms with Crippen LogP contribution in [0.2, 0.25) is 0 Å². The molecule has 0 aromatic carbocycles. The minimum absolute atomic E-state index is 0.111. The molecule has 31 heavy (non-hydrogen) atoms. The third-order valence-corrected chi connectivity index (χ3v) is 5.05. The first-order chi connectivity index (χ1) is 15.0. The molecule has 0 radical (unpaired) electrons. The molecule has 2 fully saturated rings. The van der Waals surface area contributed by atoms with Crippen LogP contribution >= 0.6 is 0 Å². The molecule has 3 N–H and O–H groups in total. The number of rotatable bonds is 5. The number of halogens is 2. The second kappa shape index (κ2) is 9.39. The number of hydrogen-bond donors (Lipinski definition) is 2. The molecule has 0 spiro atoms. The van der Waals surface area contributed by atoms with Crippen LogP contribution in [-0.4, -0.2) is 70.3 Å². The number of nitrogens with two attached hydrogens (primary N) is 1. The number of aromatic nitrogens is 5. The molecule has 4 heterocycles. The fourth-order valence-electron chi connectivity index (χ4n) is 3.40. The van der Waals surface area contributed by atoms with Gasteiger partial charge in [-0.15, -0.1) is 0 Å². The number of esters is 1. The van der Waals surface area contributed by atoms with Gasteiger partial charge in [0.05, 0.1) is 24.7 Å². The minimum Gasteiger partial charge on any atom is -0.390 e. The maximum absolute atomic E-state index is 13.6. The van der Waals surface area contributed by atoms with Gasteiger partial charge in [0.15, 0.2) is 5.82 Å². The molecule has 0 bridgehead atoms. The standard InChI is InChI=1S/C18H22F2N8O3/c19-13(20)12-11(9-23-16(21)24-12)14-25-17(28-5-7-30-8-6-28)27-18(26-14)31-15(29)10-1-3-22-4-2-10/h9-10,13,22H,1-8H2,(H2,21,23,24). The summed E-state index contributed by atoms with van der Waals surface area (Å²) >= 11 is 0. The second-order valence-corrected chi connectivity index (χ2v) is 7.11. The van der Waals surface area contributed by atoms with Gasteiger partial charge in [0.2, 0.25) is 11.9 Å². The van der Waals surface area contributed by atoms with Crippen LogP contribution in [0.3, 0.4) is 0 Å². The summed E-state index contributed by atoms with van der Waals surface area (Å²) < 4.78 is 37.9. The molecule has 2 aromatic heterocycles. The van der Waals surface area contributed by atoms with E-state index in [4.69, 9.17) is 15.2 Å². The Kier molecular flexibility index (Phi) is 6.42. The molecule has 0 aliphatic carbocycles. The number of morpholine rings is 1. The summed E-state index contributed by atoms with van der Waals surface area (Å²) in [4.78, 5) is 34.5. The Morgan fingerprint density at radius 3 is 2.65 bits per heavy atom. The van der Waals surface area contributed by atoms with Crippen LogP contribution in [0.5, 0.6) is 6.01 Å². The molecule has 0 saturated carbocycles. The zero-order valence-electron chi connectivity index (χ0n) is 16.6. The second-order valence-electron chi connectivity index (χ2n) is 7.11. The van der Waals surface area contributed by atoms with Crippen molar-refractivity contribution < 1.29 is 23.0 Å². The molecular formula is C18H22F2N8O3. The molecule has 0 amide bonds. The van der Waals surface area contributed by atoms with Crippen molar-refractivity contribution in [3.05, 3.63) is 11.9 Å². The Morgan fingerprint density at radius 1 is 1.19 bits per heavy atom. The molecule has 2 saturated heterocycles. The Bertz CT molecular complexity index is 936. The molecule has 4 rings (SSSR count). The summed E-state index contributed by atoms with van der Waals surface area (Å²) in [6.45, 7) is 3.32. The minimum atomic E-state index is -2.93. The van der Waals surface area contributed by atoms with Gasteiger partial charge in [-0.1, -0.05) is 0 Å². The van der Waals surface area contributed by atoms with Gasteiger partial charge >= 0.3 is 12.0 Å². The van der Waals surface area contributed by atoms with Crippen LogP contribution in [0.4, 0.5) is 20.7 Å². The van der Waals surface area contributed by atoms with E-state index in [9.17, 15) is 13.6 Å². The van der Waals surface area contributed by atoms with Crippen molar-refractivity contribution in [1.82, 2.24) is 30.2 Å². The summed E-state index contributed by atoms with van der Waals surface area (Å²) in [5.74, 6) is -0.976. The van der Waals surface area contributed by atoms with Gasteiger partial charge in [-0.3, -0.25) is 4.79 Å². The van der Waals surface area contributed by atoms with Crippen molar-refractivity contribution >= 4 is 17.9 Å². The van der Waals surface area contributed by atoms with Crippen molar-refractivity contribution in [1.29, 1.82) is 0 Å². The Morgan fingerprint density at radius 2 is 1.94 bits per heavy atom. The lowest BCUT2D eigenvalue weighted by Gasteiger charge is -2.27. The lowest BCUT2D eigenvalue weighted by Crippen LogP contribution is -2.38. The molecule has 0 atom stereocenters. The predicted octanol–water partition coefficient (Wildman–Crippen LogP) is 0.590. The summed E-state index contributed by atoms with van der Waals surface area (Å²) in [5.41, 5.74) is 4.74. The van der Waals surface area contributed by atoms with E-state index in [-0.39, 0.29) is 35.2 Å². The van der Waals surface area contributed by atoms with Crippen molar-refractivity contribution in [2.75, 3.05) is 50.0 Å². The molecule has 13 heteroatoms. The zero-order chi connectivity index (χ0) is 21.8. The molecule has 0 unspecified atom stereocenters. The van der Waals surface area contributed by atoms with E-state index >= 15 is 0 Å². The fraction of sp³-hybridized carbons (Fsp3) is 0.556. The van der Waals surface area contributed by atoms with Gasteiger partial charge in [-0.05, 0) is 25.9 Å². The average Bonchev–Trinajstić information content (AvgIpc) is 2.80. The first-order valence-electron chi connectivity index (χ1n) is 9.93. The van der Waals surface area contributed by atoms with Gasteiger partial charge in [-0.25, -0.2) is 18.7 Å². The normalized spacial score (nSPS) is 17.7. The lowest BCUT2D eigenvalue weighted by molar-refractivity contribution is -0.140. The highest BCUT2D eigenvalue weighted by atomic mass is 19.3. The monoisotopic (exact) mass is 436 g/mol. The largest absolute Gasteiger partial charge is 0.390 e. The quantitative estimate of drug-likeness (QED) is 0.636. The molecule has 166 valence electrons. The summed E-state index contributed by atoms with van der Waals surface area (Å²) in [6, 6.07) is -0.257. The van der Waals surface area contributed by atoms with E-state index in [1.165, 1.54) is 0 Å². The van der Waals surface area contributed by atoms with E-state index in [1.807, 2.05) is 0 Å². The van der Waals surface area contributed by atoms with Gasteiger partial charge in [0.1, 0.15) is 5.69 Å². The SMILES string of the molecule is Nc1ncc(-c2nc(OC(=O)C3CCNCC3)nc(N3CCOCC3)n2)c(C(F)F)n1. The third-order valence-electron chi connectivity index (χ3n) is 5.05. The first kappa shape index (κ1) is 21.2. The summed E-state index contributed by atoms with van der Waals surface area (Å²) in [7, 11) is 0. The molecule has 2 aromatic rings. The average molecular weight is 436 g/mol. The Balaban J connectivity index is 1.71. The van der Waals surface area contributed by atoms with Gasteiger partial charge in [0, 0.05) is 19.3 Å². The Hall–Kier alpha value is -3.06. The fourth-order valence-corrected chi connectivity index (χ4v) is 3.40. The van der Waals surface area contributed by atoms with Crippen molar-refractivity contribution in [2.45, 2.75) is 19.3 Å². The number of carbonyl (C=O) groups is 1. The first-order valence-corrected chi connectivity index (χ1v) is 9.93. The van der Waals surface area contributed by atoms with Crippen molar-refractivity contribution in [2.24, 2.45) is 5.92 Å². The number of nitrogen functional groups attached to an aromatic ring is 1. The number of carbonyl (C=O) groups excluding carboxylic acids is 1. The van der Waals surface area contributed by atoms with Crippen LogP contribution in [0.15, 0.2) is 6.20 Å². The van der Waals surface area contributed by atoms with Crippen LogP contribution in [0.25, 0.3) is 11.4 Å². The van der Waals surface area contributed by atoms with Gasteiger partial charge < -0.3 is 25.4 Å². The smallest absolute Gasteiger partial charge is 0.329 e. The van der Waals surface area contributed by atoms with Crippen LogP contribution in [-0.2, 0) is 9.53 Å². The molecule has 2 aliphatic heterocycles. The number of anilines is 2.